The van der Waals surface area contributed by atoms with E-state index in [0.717, 1.165) is 12.0 Å². The molecular formula is C13H17ClFN. The van der Waals surface area contributed by atoms with Crippen molar-refractivity contribution in [2.45, 2.75) is 25.7 Å². The summed E-state index contributed by atoms with van der Waals surface area (Å²) in [6, 6.07) is 5.07. The van der Waals surface area contributed by atoms with Gasteiger partial charge in [-0.05, 0) is 36.0 Å². The zero-order valence-electron chi connectivity index (χ0n) is 9.63. The van der Waals surface area contributed by atoms with Gasteiger partial charge in [0.1, 0.15) is 5.82 Å². The first-order valence-electron chi connectivity index (χ1n) is 5.67. The molecule has 2 atom stereocenters. The van der Waals surface area contributed by atoms with Crippen molar-refractivity contribution in [2.75, 3.05) is 6.54 Å². The molecule has 1 aromatic rings. The van der Waals surface area contributed by atoms with Crippen LogP contribution in [0.2, 0.25) is 5.02 Å². The fraction of sp³-hybridized carbons (Fsp3) is 0.538. The molecule has 1 saturated carbocycles. The zero-order valence-corrected chi connectivity index (χ0v) is 10.4. The quantitative estimate of drug-likeness (QED) is 0.863. The Kier molecular flexibility index (Phi) is 2.97. The van der Waals surface area contributed by atoms with Crippen molar-refractivity contribution in [1.29, 1.82) is 0 Å². The van der Waals surface area contributed by atoms with Crippen molar-refractivity contribution in [3.63, 3.8) is 0 Å². The van der Waals surface area contributed by atoms with Gasteiger partial charge < -0.3 is 5.73 Å². The molecule has 0 aliphatic heterocycles. The Balaban J connectivity index is 2.33. The first-order valence-corrected chi connectivity index (χ1v) is 6.04. The summed E-state index contributed by atoms with van der Waals surface area (Å²) in [5.74, 6) is 0.807. The van der Waals surface area contributed by atoms with E-state index >= 15 is 0 Å². The summed E-state index contributed by atoms with van der Waals surface area (Å²) in [6.45, 7) is 4.96. The van der Waals surface area contributed by atoms with E-state index in [9.17, 15) is 4.39 Å². The smallest absolute Gasteiger partial charge is 0.142 e. The Hall–Kier alpha value is -0.600. The summed E-state index contributed by atoms with van der Waals surface area (Å²) < 4.78 is 13.4. The third kappa shape index (κ3) is 1.74. The highest BCUT2D eigenvalue weighted by atomic mass is 35.5. The first-order chi connectivity index (χ1) is 7.51. The minimum Gasteiger partial charge on any atom is -0.330 e. The molecule has 3 heteroatoms. The second kappa shape index (κ2) is 4.01. The molecule has 16 heavy (non-hydrogen) atoms. The van der Waals surface area contributed by atoms with Crippen molar-refractivity contribution >= 4 is 11.6 Å². The van der Waals surface area contributed by atoms with Gasteiger partial charge >= 0.3 is 0 Å². The standard InChI is InChI=1S/C13H17ClFN/c1-8(2)10-6-13(10,7-16)9-3-4-11(14)12(15)5-9/h3-5,8,10H,6-7,16H2,1-2H3. The molecule has 0 spiro atoms. The van der Waals surface area contributed by atoms with Crippen LogP contribution in [0.1, 0.15) is 25.8 Å². The summed E-state index contributed by atoms with van der Waals surface area (Å²) in [5.41, 5.74) is 6.84. The normalized spacial score (nSPS) is 28.5. The van der Waals surface area contributed by atoms with Crippen molar-refractivity contribution in [3.8, 4) is 0 Å². The largest absolute Gasteiger partial charge is 0.330 e. The Labute approximate surface area is 101 Å². The lowest BCUT2D eigenvalue weighted by Gasteiger charge is -2.17. The van der Waals surface area contributed by atoms with E-state index in [4.69, 9.17) is 17.3 Å². The van der Waals surface area contributed by atoms with Crippen LogP contribution in [0.25, 0.3) is 0 Å². The lowest BCUT2D eigenvalue weighted by Crippen LogP contribution is -2.24. The second-order valence-corrected chi connectivity index (χ2v) is 5.45. The van der Waals surface area contributed by atoms with Gasteiger partial charge in [-0.25, -0.2) is 4.39 Å². The van der Waals surface area contributed by atoms with E-state index in [1.54, 1.807) is 6.07 Å². The molecule has 0 aromatic heterocycles. The van der Waals surface area contributed by atoms with E-state index < -0.39 is 0 Å². The number of rotatable bonds is 3. The van der Waals surface area contributed by atoms with Gasteiger partial charge in [0.15, 0.2) is 0 Å². The molecule has 1 nitrogen and oxygen atoms in total. The lowest BCUT2D eigenvalue weighted by molar-refractivity contribution is 0.482. The van der Waals surface area contributed by atoms with Crippen molar-refractivity contribution in [1.82, 2.24) is 0 Å². The number of hydrogen-bond acceptors (Lipinski definition) is 1. The molecule has 1 aromatic carbocycles. The Morgan fingerprint density at radius 3 is 2.69 bits per heavy atom. The van der Waals surface area contributed by atoms with E-state index in [-0.39, 0.29) is 16.3 Å². The van der Waals surface area contributed by atoms with Crippen LogP contribution in [0.4, 0.5) is 4.39 Å². The van der Waals surface area contributed by atoms with Crippen molar-refractivity contribution in [3.05, 3.63) is 34.6 Å². The maximum absolute atomic E-state index is 13.4. The van der Waals surface area contributed by atoms with Gasteiger partial charge in [0, 0.05) is 12.0 Å². The molecule has 0 saturated heterocycles. The average Bonchev–Trinajstić information content (AvgIpc) is 2.98. The number of benzene rings is 1. The molecule has 2 N–H and O–H groups in total. The van der Waals surface area contributed by atoms with Gasteiger partial charge in [-0.15, -0.1) is 0 Å². The van der Waals surface area contributed by atoms with Crippen LogP contribution in [0.3, 0.4) is 0 Å². The molecule has 1 fully saturated rings. The molecule has 0 bridgehead atoms. The molecule has 1 aliphatic rings. The van der Waals surface area contributed by atoms with Crippen LogP contribution >= 0.6 is 11.6 Å². The second-order valence-electron chi connectivity index (χ2n) is 5.04. The monoisotopic (exact) mass is 241 g/mol. The molecule has 88 valence electrons. The molecule has 0 heterocycles. The van der Waals surface area contributed by atoms with Gasteiger partial charge in [0.25, 0.3) is 0 Å². The number of halogens is 2. The van der Waals surface area contributed by atoms with Gasteiger partial charge in [0.2, 0.25) is 0 Å². The summed E-state index contributed by atoms with van der Waals surface area (Å²) >= 11 is 5.69. The van der Waals surface area contributed by atoms with E-state index in [0.29, 0.717) is 18.4 Å². The Morgan fingerprint density at radius 1 is 1.56 bits per heavy atom. The Bertz CT molecular complexity index is 405. The summed E-state index contributed by atoms with van der Waals surface area (Å²) in [5, 5.41) is 0.178. The van der Waals surface area contributed by atoms with Crippen LogP contribution in [-0.4, -0.2) is 6.54 Å². The number of hydrogen-bond donors (Lipinski definition) is 1. The van der Waals surface area contributed by atoms with Crippen LogP contribution in [-0.2, 0) is 5.41 Å². The van der Waals surface area contributed by atoms with Gasteiger partial charge in [0.05, 0.1) is 5.02 Å². The third-order valence-electron chi connectivity index (χ3n) is 3.80. The molecule has 1 aliphatic carbocycles. The zero-order chi connectivity index (χ0) is 11.9. The van der Waals surface area contributed by atoms with Crippen molar-refractivity contribution < 1.29 is 4.39 Å². The van der Waals surface area contributed by atoms with Crippen LogP contribution in [0.15, 0.2) is 18.2 Å². The minimum absolute atomic E-state index is 0.0143. The van der Waals surface area contributed by atoms with Gasteiger partial charge in [-0.2, -0.15) is 0 Å². The first kappa shape index (κ1) is 11.9. The fourth-order valence-electron chi connectivity index (χ4n) is 2.70. The minimum atomic E-state index is -0.346. The SMILES string of the molecule is CC(C)C1CC1(CN)c1ccc(Cl)c(F)c1. The fourth-order valence-corrected chi connectivity index (χ4v) is 2.82. The van der Waals surface area contributed by atoms with Gasteiger partial charge in [-0.3, -0.25) is 0 Å². The molecule has 2 rings (SSSR count). The van der Waals surface area contributed by atoms with Crippen molar-refractivity contribution in [2.24, 2.45) is 17.6 Å². The molecule has 0 radical (unpaired) electrons. The highest BCUT2D eigenvalue weighted by Gasteiger charge is 2.55. The van der Waals surface area contributed by atoms with Crippen LogP contribution < -0.4 is 5.73 Å². The summed E-state index contributed by atoms with van der Waals surface area (Å²) in [6.07, 6.45) is 1.06. The Morgan fingerprint density at radius 2 is 2.25 bits per heavy atom. The van der Waals surface area contributed by atoms with E-state index in [1.165, 1.54) is 6.07 Å². The summed E-state index contributed by atoms with van der Waals surface area (Å²) in [4.78, 5) is 0. The third-order valence-corrected chi connectivity index (χ3v) is 4.10. The van der Waals surface area contributed by atoms with Gasteiger partial charge in [-0.1, -0.05) is 31.5 Å². The predicted octanol–water partition coefficient (Wildman–Crippen LogP) is 3.35. The maximum Gasteiger partial charge on any atom is 0.142 e. The maximum atomic E-state index is 13.4. The van der Waals surface area contributed by atoms with E-state index in [1.807, 2.05) is 6.07 Å². The highest BCUT2D eigenvalue weighted by Crippen LogP contribution is 2.57. The molecular weight excluding hydrogens is 225 g/mol. The topological polar surface area (TPSA) is 26.0 Å². The summed E-state index contributed by atoms with van der Waals surface area (Å²) in [7, 11) is 0. The van der Waals surface area contributed by atoms with Crippen LogP contribution in [0, 0.1) is 17.7 Å². The average molecular weight is 242 g/mol. The molecule has 0 amide bonds. The number of nitrogens with two attached hydrogens (primary N) is 1. The van der Waals surface area contributed by atoms with Crippen LogP contribution in [0.5, 0.6) is 0 Å². The predicted molar refractivity (Wildman–Crippen MR) is 65.1 cm³/mol. The molecule has 2 unspecified atom stereocenters. The lowest BCUT2D eigenvalue weighted by atomic mass is 9.89. The van der Waals surface area contributed by atoms with E-state index in [2.05, 4.69) is 13.8 Å². The highest BCUT2D eigenvalue weighted by molar-refractivity contribution is 6.30.